The molecule has 1 aromatic carbocycles. The van der Waals surface area contributed by atoms with Crippen molar-refractivity contribution in [1.82, 2.24) is 0 Å². The Morgan fingerprint density at radius 3 is 2.42 bits per heavy atom. The molecule has 0 heterocycles. The van der Waals surface area contributed by atoms with Gasteiger partial charge in [-0.3, -0.25) is 4.72 Å². The fourth-order valence-corrected chi connectivity index (χ4v) is 2.47. The fraction of sp³-hybridized carbons (Fsp3) is 0.200. The fourth-order valence-electron chi connectivity index (χ4n) is 1.16. The molecule has 19 heavy (non-hydrogen) atoms. The minimum absolute atomic E-state index is 0.129. The van der Waals surface area contributed by atoms with Gasteiger partial charge in [0.2, 0.25) is 10.0 Å². The number of aromatic carboxylic acids is 1. The van der Waals surface area contributed by atoms with Crippen molar-refractivity contribution in [3.05, 3.63) is 27.7 Å². The molecule has 0 aliphatic heterocycles. The monoisotopic (exact) mass is 322 g/mol. The van der Waals surface area contributed by atoms with Crippen LogP contribution in [0.15, 0.2) is 12.1 Å². The SMILES string of the molecule is CC(C#N)S(=O)(=O)Nc1c(Cl)ccc(Cl)c1C(=O)O. The van der Waals surface area contributed by atoms with Gasteiger partial charge in [-0.2, -0.15) is 5.26 Å². The van der Waals surface area contributed by atoms with E-state index in [2.05, 4.69) is 0 Å². The maximum atomic E-state index is 11.7. The number of carboxylic acid groups (broad SMARTS) is 1. The molecule has 102 valence electrons. The van der Waals surface area contributed by atoms with Gasteiger partial charge in [-0.25, -0.2) is 13.2 Å². The molecule has 0 fully saturated rings. The van der Waals surface area contributed by atoms with Crippen molar-refractivity contribution >= 4 is 44.9 Å². The number of carboxylic acids is 1. The van der Waals surface area contributed by atoms with Crippen LogP contribution in [0.3, 0.4) is 0 Å². The molecule has 0 spiro atoms. The number of carbonyl (C=O) groups is 1. The van der Waals surface area contributed by atoms with Crippen LogP contribution in [0.5, 0.6) is 0 Å². The maximum absolute atomic E-state index is 11.7. The van der Waals surface area contributed by atoms with Gasteiger partial charge in [0.25, 0.3) is 0 Å². The van der Waals surface area contributed by atoms with Crippen LogP contribution in [0, 0.1) is 11.3 Å². The van der Waals surface area contributed by atoms with E-state index in [9.17, 15) is 13.2 Å². The molecular formula is C10H8Cl2N2O4S. The Balaban J connectivity index is 3.41. The average Bonchev–Trinajstić information content (AvgIpc) is 2.32. The van der Waals surface area contributed by atoms with E-state index in [0.29, 0.717) is 0 Å². The van der Waals surface area contributed by atoms with Crippen molar-refractivity contribution in [1.29, 1.82) is 5.26 Å². The van der Waals surface area contributed by atoms with E-state index in [0.717, 1.165) is 6.92 Å². The van der Waals surface area contributed by atoms with Crippen LogP contribution in [-0.4, -0.2) is 24.7 Å². The van der Waals surface area contributed by atoms with Crippen LogP contribution in [0.1, 0.15) is 17.3 Å². The lowest BCUT2D eigenvalue weighted by molar-refractivity contribution is 0.0698. The molecule has 1 aromatic rings. The zero-order chi connectivity index (χ0) is 14.8. The molecule has 1 unspecified atom stereocenters. The van der Waals surface area contributed by atoms with Crippen LogP contribution in [-0.2, 0) is 10.0 Å². The minimum Gasteiger partial charge on any atom is -0.478 e. The van der Waals surface area contributed by atoms with Crippen molar-refractivity contribution in [3.8, 4) is 6.07 Å². The number of anilines is 1. The summed E-state index contributed by atoms with van der Waals surface area (Å²) in [6, 6.07) is 4.02. The summed E-state index contributed by atoms with van der Waals surface area (Å²) >= 11 is 11.5. The summed E-state index contributed by atoms with van der Waals surface area (Å²) < 4.78 is 25.5. The van der Waals surface area contributed by atoms with Gasteiger partial charge in [0.15, 0.2) is 5.25 Å². The highest BCUT2D eigenvalue weighted by atomic mass is 35.5. The number of halogens is 2. The zero-order valence-corrected chi connectivity index (χ0v) is 11.8. The van der Waals surface area contributed by atoms with Crippen molar-refractivity contribution in [2.24, 2.45) is 0 Å². The highest BCUT2D eigenvalue weighted by Crippen LogP contribution is 2.33. The van der Waals surface area contributed by atoms with Crippen molar-refractivity contribution in [2.45, 2.75) is 12.2 Å². The Kier molecular flexibility index (Phi) is 4.63. The smallest absolute Gasteiger partial charge is 0.339 e. The molecule has 0 saturated heterocycles. The van der Waals surface area contributed by atoms with E-state index < -0.39 is 26.8 Å². The van der Waals surface area contributed by atoms with Gasteiger partial charge in [-0.1, -0.05) is 23.2 Å². The summed E-state index contributed by atoms with van der Waals surface area (Å²) in [6.45, 7) is 1.15. The molecule has 0 bridgehead atoms. The second-order valence-electron chi connectivity index (χ2n) is 3.50. The van der Waals surface area contributed by atoms with Gasteiger partial charge < -0.3 is 5.11 Å². The molecular weight excluding hydrogens is 315 g/mol. The van der Waals surface area contributed by atoms with Gasteiger partial charge >= 0.3 is 5.97 Å². The van der Waals surface area contributed by atoms with E-state index in [1.807, 2.05) is 4.72 Å². The lowest BCUT2D eigenvalue weighted by Gasteiger charge is -2.14. The molecule has 2 N–H and O–H groups in total. The molecule has 0 aliphatic rings. The number of nitrogens with one attached hydrogen (secondary N) is 1. The lowest BCUT2D eigenvalue weighted by Crippen LogP contribution is -2.25. The molecule has 1 rings (SSSR count). The quantitative estimate of drug-likeness (QED) is 0.884. The summed E-state index contributed by atoms with van der Waals surface area (Å²) in [5.41, 5.74) is -0.827. The largest absolute Gasteiger partial charge is 0.478 e. The van der Waals surface area contributed by atoms with Crippen molar-refractivity contribution < 1.29 is 18.3 Å². The normalized spacial score (nSPS) is 12.5. The average molecular weight is 323 g/mol. The van der Waals surface area contributed by atoms with Crippen molar-refractivity contribution in [3.63, 3.8) is 0 Å². The molecule has 0 radical (unpaired) electrons. The first kappa shape index (κ1) is 15.6. The Labute approximate surface area is 119 Å². The van der Waals surface area contributed by atoms with Gasteiger partial charge in [0.05, 0.1) is 21.8 Å². The van der Waals surface area contributed by atoms with E-state index in [1.54, 1.807) is 0 Å². The number of benzene rings is 1. The van der Waals surface area contributed by atoms with Gasteiger partial charge in [-0.15, -0.1) is 0 Å². The predicted octanol–water partition coefficient (Wildman–Crippen LogP) is 2.35. The first-order chi connectivity index (χ1) is 8.70. The summed E-state index contributed by atoms with van der Waals surface area (Å²) in [7, 11) is -4.08. The number of nitrogens with zero attached hydrogens (tertiary/aromatic N) is 1. The Morgan fingerprint density at radius 2 is 1.95 bits per heavy atom. The summed E-state index contributed by atoms with van der Waals surface area (Å²) in [4.78, 5) is 11.1. The molecule has 9 heteroatoms. The van der Waals surface area contributed by atoms with Crippen LogP contribution in [0.2, 0.25) is 10.0 Å². The molecule has 0 aliphatic carbocycles. The van der Waals surface area contributed by atoms with E-state index in [-0.39, 0.29) is 15.7 Å². The standard InChI is InChI=1S/C10H8Cl2N2O4S/c1-5(4-13)19(17,18)14-9-7(12)3-2-6(11)8(9)10(15)16/h2-3,5,14H,1H3,(H,15,16). The second-order valence-corrected chi connectivity index (χ2v) is 6.32. The molecule has 0 amide bonds. The Morgan fingerprint density at radius 1 is 1.42 bits per heavy atom. The van der Waals surface area contributed by atoms with Crippen LogP contribution in [0.25, 0.3) is 0 Å². The summed E-state index contributed by atoms with van der Waals surface area (Å²) in [5.74, 6) is -1.44. The minimum atomic E-state index is -4.08. The highest BCUT2D eigenvalue weighted by Gasteiger charge is 2.25. The van der Waals surface area contributed by atoms with Crippen LogP contribution >= 0.6 is 23.2 Å². The number of sulfonamides is 1. The molecule has 1 atom stereocenters. The van der Waals surface area contributed by atoms with Crippen LogP contribution in [0.4, 0.5) is 5.69 Å². The second kappa shape index (κ2) is 5.65. The molecule has 6 nitrogen and oxygen atoms in total. The third-order valence-electron chi connectivity index (χ3n) is 2.21. The summed E-state index contributed by atoms with van der Waals surface area (Å²) in [5, 5.41) is 16.0. The van der Waals surface area contributed by atoms with Crippen molar-refractivity contribution in [2.75, 3.05) is 4.72 Å². The third-order valence-corrected chi connectivity index (χ3v) is 4.36. The van der Waals surface area contributed by atoms with Gasteiger partial charge in [0, 0.05) is 0 Å². The van der Waals surface area contributed by atoms with Gasteiger partial charge in [-0.05, 0) is 19.1 Å². The zero-order valence-electron chi connectivity index (χ0n) is 9.52. The maximum Gasteiger partial charge on any atom is 0.339 e. The van der Waals surface area contributed by atoms with E-state index in [4.69, 9.17) is 33.6 Å². The van der Waals surface area contributed by atoms with Gasteiger partial charge in [0.1, 0.15) is 5.56 Å². The number of hydrogen-bond acceptors (Lipinski definition) is 4. The Bertz CT molecular complexity index is 667. The lowest BCUT2D eigenvalue weighted by atomic mass is 10.2. The van der Waals surface area contributed by atoms with E-state index >= 15 is 0 Å². The van der Waals surface area contributed by atoms with Crippen LogP contribution < -0.4 is 4.72 Å². The number of hydrogen-bond donors (Lipinski definition) is 2. The number of rotatable bonds is 4. The molecule has 0 aromatic heterocycles. The molecule has 0 saturated carbocycles. The first-order valence-electron chi connectivity index (χ1n) is 4.83. The Hall–Kier alpha value is -1.49. The third kappa shape index (κ3) is 3.29. The van der Waals surface area contributed by atoms with E-state index in [1.165, 1.54) is 18.2 Å². The first-order valence-corrected chi connectivity index (χ1v) is 7.13. The predicted molar refractivity (Wildman–Crippen MR) is 71.0 cm³/mol. The summed E-state index contributed by atoms with van der Waals surface area (Å²) in [6.07, 6.45) is 0. The number of nitriles is 1. The topological polar surface area (TPSA) is 107 Å². The highest BCUT2D eigenvalue weighted by molar-refractivity contribution is 7.93.